The van der Waals surface area contributed by atoms with E-state index >= 15 is 0 Å². The van der Waals surface area contributed by atoms with Gasteiger partial charge in [-0.05, 0) is 0 Å². The summed E-state index contributed by atoms with van der Waals surface area (Å²) in [7, 11) is 0. The van der Waals surface area contributed by atoms with Crippen molar-refractivity contribution in [2.24, 2.45) is 5.92 Å². The van der Waals surface area contributed by atoms with Crippen molar-refractivity contribution in [3.63, 3.8) is 0 Å². The molecule has 7 heteroatoms. The second kappa shape index (κ2) is 22.8. The molecule has 0 aromatic heterocycles. The van der Waals surface area contributed by atoms with Crippen LogP contribution in [0, 0.1) is 5.92 Å². The van der Waals surface area contributed by atoms with Gasteiger partial charge >= 0.3 is 137 Å². The molecule has 6 nitrogen and oxygen atoms in total. The Bertz CT molecular complexity index is 232. The topological polar surface area (TPSA) is 77.4 Å². The Kier molecular flexibility index (Phi) is 25.0. The summed E-state index contributed by atoms with van der Waals surface area (Å²) in [6.07, 6.45) is 8.54. The van der Waals surface area contributed by atoms with Gasteiger partial charge in [0.05, 0.1) is 0 Å². The van der Waals surface area contributed by atoms with Crippen LogP contribution in [0.5, 0.6) is 0 Å². The molecule has 0 fully saturated rings. The molecule has 27 heavy (non-hydrogen) atoms. The normalized spacial score (nSPS) is 11.6. The summed E-state index contributed by atoms with van der Waals surface area (Å²) >= 11 is -3.52. The van der Waals surface area contributed by atoms with Crippen LogP contribution in [0.25, 0.3) is 0 Å². The van der Waals surface area contributed by atoms with Crippen molar-refractivity contribution in [1.82, 2.24) is 0 Å². The van der Waals surface area contributed by atoms with Gasteiger partial charge in [0.15, 0.2) is 0 Å². The second-order valence-corrected chi connectivity index (χ2v) is 10.1. The van der Waals surface area contributed by atoms with E-state index in [4.69, 9.17) is 23.5 Å². The average Bonchev–Trinajstić information content (AvgIpc) is 2.68. The molecular weight excluding hydrogens is 384 g/mol. The van der Waals surface area contributed by atoms with Crippen molar-refractivity contribution >= 4 is 0 Å². The SMILES string of the molecule is CC(CO)CO.CCCC[O][Ti]([O]CCCC)([O]CCCC)[O]CCCC. The predicted octanol–water partition coefficient (Wildman–Crippen LogP) is 4.67. The Balaban J connectivity index is 0. The molecular formula is C20H46O6Ti. The van der Waals surface area contributed by atoms with Crippen LogP contribution in [-0.2, 0) is 31.4 Å². The molecule has 0 amide bonds. The zero-order valence-corrected chi connectivity index (χ0v) is 20.1. The molecule has 0 aliphatic rings. The van der Waals surface area contributed by atoms with Crippen LogP contribution in [0.3, 0.4) is 0 Å². The maximum absolute atomic E-state index is 8.17. The summed E-state index contributed by atoms with van der Waals surface area (Å²) in [5.41, 5.74) is 0. The number of hydrogen-bond acceptors (Lipinski definition) is 6. The third kappa shape index (κ3) is 19.6. The fourth-order valence-corrected chi connectivity index (χ4v) is 4.92. The van der Waals surface area contributed by atoms with Crippen molar-refractivity contribution in [1.29, 1.82) is 0 Å². The van der Waals surface area contributed by atoms with E-state index in [1.54, 1.807) is 6.92 Å². The van der Waals surface area contributed by atoms with Crippen LogP contribution in [0.1, 0.15) is 86.0 Å². The summed E-state index contributed by atoms with van der Waals surface area (Å²) < 4.78 is 24.1. The van der Waals surface area contributed by atoms with Gasteiger partial charge in [0.1, 0.15) is 0 Å². The van der Waals surface area contributed by atoms with Gasteiger partial charge in [0.2, 0.25) is 0 Å². The zero-order valence-electron chi connectivity index (χ0n) is 18.5. The van der Waals surface area contributed by atoms with Crippen molar-refractivity contribution in [3.05, 3.63) is 0 Å². The zero-order chi connectivity index (χ0) is 20.8. The van der Waals surface area contributed by atoms with E-state index in [2.05, 4.69) is 27.7 Å². The molecule has 0 aliphatic heterocycles. The molecule has 0 unspecified atom stereocenters. The van der Waals surface area contributed by atoms with E-state index in [-0.39, 0.29) is 19.1 Å². The van der Waals surface area contributed by atoms with Crippen LogP contribution in [-0.4, -0.2) is 49.9 Å². The number of rotatable bonds is 18. The van der Waals surface area contributed by atoms with E-state index in [1.165, 1.54) is 0 Å². The third-order valence-electron chi connectivity index (χ3n) is 3.73. The molecule has 0 saturated heterocycles. The summed E-state index contributed by atoms with van der Waals surface area (Å²) in [6.45, 7) is 13.3. The Labute approximate surface area is 173 Å². The van der Waals surface area contributed by atoms with Gasteiger partial charge < -0.3 is 10.2 Å². The van der Waals surface area contributed by atoms with Crippen LogP contribution < -0.4 is 0 Å². The third-order valence-corrected chi connectivity index (χ3v) is 7.21. The first kappa shape index (κ1) is 29.7. The Morgan fingerprint density at radius 1 is 0.593 bits per heavy atom. The molecule has 2 N–H and O–H groups in total. The van der Waals surface area contributed by atoms with Crippen LogP contribution >= 0.6 is 0 Å². The van der Waals surface area contributed by atoms with E-state index in [1.807, 2.05) is 0 Å². The number of hydrogen-bond donors (Lipinski definition) is 2. The second-order valence-electron chi connectivity index (χ2n) is 6.78. The average molecular weight is 430 g/mol. The first-order valence-electron chi connectivity index (χ1n) is 10.8. The number of aliphatic hydroxyl groups excluding tert-OH is 2. The van der Waals surface area contributed by atoms with Crippen molar-refractivity contribution in [2.45, 2.75) is 86.0 Å². The summed E-state index contributed by atoms with van der Waals surface area (Å²) in [5.74, 6) is 0.0463. The van der Waals surface area contributed by atoms with Crippen molar-refractivity contribution < 1.29 is 41.6 Å². The standard InChI is InChI=1S/C4H10O2.4C4H9O.Ti/c1-4(2-5)3-6;4*1-2-3-4-5;/h4-6H,2-3H2,1H3;4*2-4H2,1H3;/q;4*-1;+4. The van der Waals surface area contributed by atoms with E-state index < -0.39 is 18.1 Å². The van der Waals surface area contributed by atoms with Crippen molar-refractivity contribution in [2.75, 3.05) is 39.6 Å². The molecule has 0 radical (unpaired) electrons. The molecule has 0 saturated carbocycles. The predicted molar refractivity (Wildman–Crippen MR) is 107 cm³/mol. The molecule has 0 atom stereocenters. The Morgan fingerprint density at radius 3 is 1.00 bits per heavy atom. The van der Waals surface area contributed by atoms with Crippen LogP contribution in [0.4, 0.5) is 0 Å². The van der Waals surface area contributed by atoms with E-state index in [0.29, 0.717) is 26.4 Å². The molecule has 0 spiro atoms. The quantitative estimate of drug-likeness (QED) is 0.243. The Hall–Kier alpha value is 0.474. The van der Waals surface area contributed by atoms with E-state index in [9.17, 15) is 0 Å². The molecule has 166 valence electrons. The molecule has 0 aromatic carbocycles. The fourth-order valence-electron chi connectivity index (χ4n) is 1.67. The molecule has 0 aromatic rings. The molecule has 0 heterocycles. The minimum absolute atomic E-state index is 0.0463. The van der Waals surface area contributed by atoms with Gasteiger partial charge in [0.25, 0.3) is 0 Å². The number of aliphatic hydroxyl groups is 2. The van der Waals surface area contributed by atoms with Crippen LogP contribution in [0.15, 0.2) is 0 Å². The Morgan fingerprint density at radius 2 is 0.852 bits per heavy atom. The monoisotopic (exact) mass is 430 g/mol. The number of unbranched alkanes of at least 4 members (excludes halogenated alkanes) is 4. The van der Waals surface area contributed by atoms with Gasteiger partial charge in [-0.25, -0.2) is 0 Å². The van der Waals surface area contributed by atoms with Gasteiger partial charge in [0, 0.05) is 19.1 Å². The summed E-state index contributed by atoms with van der Waals surface area (Å²) in [4.78, 5) is 0. The van der Waals surface area contributed by atoms with Gasteiger partial charge in [-0.15, -0.1) is 0 Å². The molecule has 0 rings (SSSR count). The summed E-state index contributed by atoms with van der Waals surface area (Å²) in [6, 6.07) is 0. The van der Waals surface area contributed by atoms with Crippen molar-refractivity contribution in [3.8, 4) is 0 Å². The fraction of sp³-hybridized carbons (Fsp3) is 1.00. The van der Waals surface area contributed by atoms with Gasteiger partial charge in [-0.3, -0.25) is 0 Å². The maximum atomic E-state index is 8.17. The molecule has 0 aliphatic carbocycles. The summed E-state index contributed by atoms with van der Waals surface area (Å²) in [5, 5.41) is 16.3. The molecule has 0 bridgehead atoms. The van der Waals surface area contributed by atoms with Gasteiger partial charge in [-0.1, -0.05) is 6.92 Å². The minimum atomic E-state index is -3.52. The van der Waals surface area contributed by atoms with E-state index in [0.717, 1.165) is 51.4 Å². The first-order valence-corrected chi connectivity index (χ1v) is 13.4. The first-order chi connectivity index (χ1) is 13.1. The van der Waals surface area contributed by atoms with Gasteiger partial charge in [-0.2, -0.15) is 0 Å². The van der Waals surface area contributed by atoms with Crippen LogP contribution in [0.2, 0.25) is 0 Å².